The Morgan fingerprint density at radius 1 is 1.10 bits per heavy atom. The van der Waals surface area contributed by atoms with Gasteiger partial charge in [-0.2, -0.15) is 0 Å². The van der Waals surface area contributed by atoms with Crippen molar-refractivity contribution < 1.29 is 8.78 Å². The summed E-state index contributed by atoms with van der Waals surface area (Å²) in [6, 6.07) is 7.79. The molecule has 0 aliphatic carbocycles. The standard InChI is InChI=1S/C15H13Br2F2N/c1-8-6-9(2-3-11(8)16)14(20)7-10-13(18)5-4-12(17)15(10)19/h2-6,14H,7,20H2,1H3. The van der Waals surface area contributed by atoms with Crippen molar-refractivity contribution in [1.29, 1.82) is 0 Å². The van der Waals surface area contributed by atoms with E-state index in [0.717, 1.165) is 15.6 Å². The fraction of sp³-hybridized carbons (Fsp3) is 0.200. The third-order valence-electron chi connectivity index (χ3n) is 3.17. The molecule has 0 radical (unpaired) electrons. The van der Waals surface area contributed by atoms with Gasteiger partial charge in [0, 0.05) is 16.1 Å². The van der Waals surface area contributed by atoms with Crippen molar-refractivity contribution in [3.63, 3.8) is 0 Å². The lowest BCUT2D eigenvalue weighted by Crippen LogP contribution is -2.15. The molecule has 106 valence electrons. The van der Waals surface area contributed by atoms with E-state index >= 15 is 0 Å². The Morgan fingerprint density at radius 2 is 1.75 bits per heavy atom. The molecule has 1 atom stereocenters. The summed E-state index contributed by atoms with van der Waals surface area (Å²) in [6.07, 6.45) is 0.109. The number of benzene rings is 2. The van der Waals surface area contributed by atoms with Crippen molar-refractivity contribution in [3.8, 4) is 0 Å². The number of hydrogen-bond acceptors (Lipinski definition) is 1. The Balaban J connectivity index is 2.30. The molecule has 2 N–H and O–H groups in total. The summed E-state index contributed by atoms with van der Waals surface area (Å²) in [5.41, 5.74) is 7.96. The van der Waals surface area contributed by atoms with Gasteiger partial charge in [-0.25, -0.2) is 8.78 Å². The zero-order valence-electron chi connectivity index (χ0n) is 10.8. The number of rotatable bonds is 3. The van der Waals surface area contributed by atoms with Crippen molar-refractivity contribution in [2.45, 2.75) is 19.4 Å². The van der Waals surface area contributed by atoms with Gasteiger partial charge in [0.15, 0.2) is 0 Å². The van der Waals surface area contributed by atoms with Crippen LogP contribution in [0.1, 0.15) is 22.7 Å². The Morgan fingerprint density at radius 3 is 2.40 bits per heavy atom. The first kappa shape index (κ1) is 15.6. The molecule has 0 bridgehead atoms. The van der Waals surface area contributed by atoms with Gasteiger partial charge < -0.3 is 5.73 Å². The van der Waals surface area contributed by atoms with Crippen LogP contribution in [0.15, 0.2) is 39.3 Å². The SMILES string of the molecule is Cc1cc(C(N)Cc2c(F)ccc(Br)c2F)ccc1Br. The average Bonchev–Trinajstić information content (AvgIpc) is 2.42. The van der Waals surface area contributed by atoms with Crippen LogP contribution in [0, 0.1) is 18.6 Å². The fourth-order valence-electron chi connectivity index (χ4n) is 1.99. The van der Waals surface area contributed by atoms with Gasteiger partial charge in [-0.05, 0) is 58.6 Å². The van der Waals surface area contributed by atoms with Crippen LogP contribution in [0.5, 0.6) is 0 Å². The Labute approximate surface area is 133 Å². The summed E-state index contributed by atoms with van der Waals surface area (Å²) in [7, 11) is 0. The second-order valence-corrected chi connectivity index (χ2v) is 6.35. The Hall–Kier alpha value is -0.780. The number of hydrogen-bond donors (Lipinski definition) is 1. The molecule has 2 aromatic carbocycles. The summed E-state index contributed by atoms with van der Waals surface area (Å²) in [5.74, 6) is -1.16. The predicted octanol–water partition coefficient (Wildman–Crippen LogP) is 5.04. The first-order chi connectivity index (χ1) is 9.40. The first-order valence-corrected chi connectivity index (χ1v) is 7.62. The molecule has 0 saturated heterocycles. The normalized spacial score (nSPS) is 12.5. The summed E-state index contributed by atoms with van der Waals surface area (Å²) in [4.78, 5) is 0. The quantitative estimate of drug-likeness (QED) is 0.712. The van der Waals surface area contributed by atoms with Gasteiger partial charge in [0.25, 0.3) is 0 Å². The van der Waals surface area contributed by atoms with Gasteiger partial charge in [0.1, 0.15) is 11.6 Å². The lowest BCUT2D eigenvalue weighted by Gasteiger charge is -2.15. The molecule has 0 amide bonds. The monoisotopic (exact) mass is 403 g/mol. The van der Waals surface area contributed by atoms with Gasteiger partial charge in [0.2, 0.25) is 0 Å². The molecule has 20 heavy (non-hydrogen) atoms. The number of nitrogens with two attached hydrogens (primary N) is 1. The minimum atomic E-state index is -0.589. The van der Waals surface area contributed by atoms with Gasteiger partial charge >= 0.3 is 0 Å². The Bertz CT molecular complexity index is 644. The highest BCUT2D eigenvalue weighted by molar-refractivity contribution is 9.10. The maximum absolute atomic E-state index is 13.9. The summed E-state index contributed by atoms with van der Waals surface area (Å²) < 4.78 is 28.9. The van der Waals surface area contributed by atoms with E-state index in [4.69, 9.17) is 5.73 Å². The maximum atomic E-state index is 13.9. The van der Waals surface area contributed by atoms with Gasteiger partial charge in [-0.1, -0.05) is 28.1 Å². The van der Waals surface area contributed by atoms with Crippen LogP contribution in [-0.4, -0.2) is 0 Å². The molecule has 0 saturated carbocycles. The molecule has 2 aromatic rings. The van der Waals surface area contributed by atoms with Crippen LogP contribution in [0.4, 0.5) is 8.78 Å². The third-order valence-corrected chi connectivity index (χ3v) is 4.68. The van der Waals surface area contributed by atoms with Gasteiger partial charge in [-0.15, -0.1) is 0 Å². The smallest absolute Gasteiger partial charge is 0.143 e. The minimum absolute atomic E-state index is 0.00690. The molecule has 2 rings (SSSR count). The third kappa shape index (κ3) is 3.27. The zero-order valence-corrected chi connectivity index (χ0v) is 13.9. The molecule has 0 spiro atoms. The van der Waals surface area contributed by atoms with Crippen LogP contribution in [-0.2, 0) is 6.42 Å². The number of halogens is 4. The molecule has 0 heterocycles. The van der Waals surface area contributed by atoms with Crippen molar-refractivity contribution in [1.82, 2.24) is 0 Å². The molecule has 5 heteroatoms. The van der Waals surface area contributed by atoms with Crippen LogP contribution in [0.25, 0.3) is 0 Å². The van der Waals surface area contributed by atoms with Crippen molar-refractivity contribution in [2.75, 3.05) is 0 Å². The molecular weight excluding hydrogens is 392 g/mol. The van der Waals surface area contributed by atoms with E-state index < -0.39 is 17.7 Å². The fourth-order valence-corrected chi connectivity index (χ4v) is 2.61. The van der Waals surface area contributed by atoms with Crippen LogP contribution < -0.4 is 5.73 Å². The van der Waals surface area contributed by atoms with Gasteiger partial charge in [0.05, 0.1) is 4.47 Å². The number of aryl methyl sites for hydroxylation is 1. The molecule has 0 aromatic heterocycles. The van der Waals surface area contributed by atoms with Crippen molar-refractivity contribution in [3.05, 3.63) is 67.6 Å². The molecule has 0 aliphatic heterocycles. The van der Waals surface area contributed by atoms with Crippen molar-refractivity contribution in [2.24, 2.45) is 5.73 Å². The Kier molecular flexibility index (Phi) is 4.94. The summed E-state index contributed by atoms with van der Waals surface area (Å²) >= 11 is 6.47. The van der Waals surface area contributed by atoms with Crippen LogP contribution in [0.2, 0.25) is 0 Å². The van der Waals surface area contributed by atoms with Crippen LogP contribution in [0.3, 0.4) is 0 Å². The maximum Gasteiger partial charge on any atom is 0.143 e. The molecule has 1 unspecified atom stereocenters. The first-order valence-electron chi connectivity index (χ1n) is 6.04. The topological polar surface area (TPSA) is 26.0 Å². The van der Waals surface area contributed by atoms with E-state index in [1.54, 1.807) is 0 Å². The van der Waals surface area contributed by atoms with Crippen LogP contribution >= 0.6 is 31.9 Å². The summed E-state index contributed by atoms with van der Waals surface area (Å²) in [6.45, 7) is 1.95. The van der Waals surface area contributed by atoms with E-state index in [0.29, 0.717) is 0 Å². The highest BCUT2D eigenvalue weighted by Crippen LogP contribution is 2.27. The average molecular weight is 405 g/mol. The van der Waals surface area contributed by atoms with Gasteiger partial charge in [-0.3, -0.25) is 0 Å². The second kappa shape index (κ2) is 6.33. The zero-order chi connectivity index (χ0) is 14.9. The largest absolute Gasteiger partial charge is 0.324 e. The second-order valence-electron chi connectivity index (χ2n) is 4.64. The highest BCUT2D eigenvalue weighted by Gasteiger charge is 2.17. The summed E-state index contributed by atoms with van der Waals surface area (Å²) in [5, 5.41) is 0. The molecule has 0 aliphatic rings. The van der Waals surface area contributed by atoms with E-state index in [1.165, 1.54) is 12.1 Å². The van der Waals surface area contributed by atoms with E-state index in [-0.39, 0.29) is 16.5 Å². The molecule has 0 fully saturated rings. The highest BCUT2D eigenvalue weighted by atomic mass is 79.9. The van der Waals surface area contributed by atoms with E-state index in [1.807, 2.05) is 25.1 Å². The van der Waals surface area contributed by atoms with E-state index in [9.17, 15) is 8.78 Å². The van der Waals surface area contributed by atoms with E-state index in [2.05, 4.69) is 31.9 Å². The van der Waals surface area contributed by atoms with Crippen molar-refractivity contribution >= 4 is 31.9 Å². The lowest BCUT2D eigenvalue weighted by atomic mass is 9.98. The molecular formula is C15H13Br2F2N. The lowest BCUT2D eigenvalue weighted by molar-refractivity contribution is 0.536. The predicted molar refractivity (Wildman–Crippen MR) is 83.6 cm³/mol. The minimum Gasteiger partial charge on any atom is -0.324 e. The molecule has 1 nitrogen and oxygen atoms in total.